The summed E-state index contributed by atoms with van der Waals surface area (Å²) in [6.45, 7) is 1.69. The van der Waals surface area contributed by atoms with Crippen molar-refractivity contribution in [3.63, 3.8) is 0 Å². The second-order valence-corrected chi connectivity index (χ2v) is 6.76. The number of rotatable bonds is 3. The van der Waals surface area contributed by atoms with E-state index in [1.165, 1.54) is 4.90 Å². The summed E-state index contributed by atoms with van der Waals surface area (Å²) in [6, 6.07) is 8.01. The largest absolute Gasteiger partial charge is 0.333 e. The van der Waals surface area contributed by atoms with Gasteiger partial charge in [-0.05, 0) is 43.3 Å². The number of nitrogens with zero attached hydrogens (tertiary/aromatic N) is 2. The molecule has 0 radical (unpaired) electrons. The highest BCUT2D eigenvalue weighted by atomic mass is 79.9. The molecule has 1 heterocycles. The lowest BCUT2D eigenvalue weighted by Crippen LogP contribution is -2.31. The standard InChI is InChI=1S/C18H14BrF2N3O2/c1-9(24(2)18(26)10-3-5-11(19)6-4-10)16-12-7-14(20)15(21)8-13(12)17(25)23-22-16/h3-9H,1-2H3,(H,23,25). The van der Waals surface area contributed by atoms with Gasteiger partial charge >= 0.3 is 0 Å². The number of amides is 1. The molecule has 134 valence electrons. The summed E-state index contributed by atoms with van der Waals surface area (Å²) in [5.41, 5.74) is 0.108. The molecule has 0 aliphatic rings. The molecule has 0 saturated carbocycles. The molecule has 0 aliphatic carbocycles. The fourth-order valence-electron chi connectivity index (χ4n) is 2.65. The van der Waals surface area contributed by atoms with E-state index < -0.39 is 23.2 Å². The molecule has 1 aromatic heterocycles. The second kappa shape index (κ2) is 6.95. The molecule has 0 spiro atoms. The lowest BCUT2D eigenvalue weighted by molar-refractivity contribution is 0.0740. The number of hydrogen-bond donors (Lipinski definition) is 1. The average Bonchev–Trinajstić information content (AvgIpc) is 2.62. The topological polar surface area (TPSA) is 66.1 Å². The van der Waals surface area contributed by atoms with Crippen molar-refractivity contribution in [3.05, 3.63) is 74.1 Å². The Bertz CT molecular complexity index is 1050. The smallest absolute Gasteiger partial charge is 0.272 e. The van der Waals surface area contributed by atoms with Gasteiger partial charge in [-0.3, -0.25) is 9.59 Å². The van der Waals surface area contributed by atoms with Gasteiger partial charge in [0.1, 0.15) is 0 Å². The molecule has 0 fully saturated rings. The number of carbonyl (C=O) groups excluding carboxylic acids is 1. The van der Waals surface area contributed by atoms with Crippen LogP contribution in [0.4, 0.5) is 8.78 Å². The summed E-state index contributed by atoms with van der Waals surface area (Å²) in [4.78, 5) is 26.0. The SMILES string of the molecule is CC(c1n[nH]c(=O)c2cc(F)c(F)cc12)N(C)C(=O)c1ccc(Br)cc1. The van der Waals surface area contributed by atoms with E-state index in [1.54, 1.807) is 38.2 Å². The van der Waals surface area contributed by atoms with Gasteiger partial charge in [0, 0.05) is 22.5 Å². The Kier molecular flexibility index (Phi) is 4.86. The van der Waals surface area contributed by atoms with E-state index in [1.807, 2.05) is 0 Å². The van der Waals surface area contributed by atoms with E-state index in [9.17, 15) is 18.4 Å². The van der Waals surface area contributed by atoms with Crippen LogP contribution in [0.25, 0.3) is 10.8 Å². The van der Waals surface area contributed by atoms with E-state index >= 15 is 0 Å². The fourth-order valence-corrected chi connectivity index (χ4v) is 2.92. The van der Waals surface area contributed by atoms with E-state index in [-0.39, 0.29) is 22.4 Å². The van der Waals surface area contributed by atoms with Gasteiger partial charge in [-0.1, -0.05) is 15.9 Å². The first-order valence-electron chi connectivity index (χ1n) is 7.69. The van der Waals surface area contributed by atoms with Crippen LogP contribution in [0.15, 0.2) is 45.7 Å². The van der Waals surface area contributed by atoms with Crippen LogP contribution in [0.3, 0.4) is 0 Å². The highest BCUT2D eigenvalue weighted by Crippen LogP contribution is 2.26. The number of aromatic nitrogens is 2. The number of aromatic amines is 1. The quantitative estimate of drug-likeness (QED) is 0.699. The Labute approximate surface area is 155 Å². The zero-order valence-corrected chi connectivity index (χ0v) is 15.5. The number of fused-ring (bicyclic) bond motifs is 1. The third-order valence-electron chi connectivity index (χ3n) is 4.25. The maximum Gasteiger partial charge on any atom is 0.272 e. The van der Waals surface area contributed by atoms with Crippen LogP contribution >= 0.6 is 15.9 Å². The van der Waals surface area contributed by atoms with Crippen LogP contribution in [-0.4, -0.2) is 28.1 Å². The van der Waals surface area contributed by atoms with Crippen molar-refractivity contribution >= 4 is 32.6 Å². The maximum absolute atomic E-state index is 13.7. The normalized spacial score (nSPS) is 12.2. The minimum absolute atomic E-state index is 0.0229. The summed E-state index contributed by atoms with van der Waals surface area (Å²) in [5.74, 6) is -2.47. The molecule has 1 amide bonds. The molecule has 2 aromatic carbocycles. The molecule has 26 heavy (non-hydrogen) atoms. The molecular formula is C18H14BrF2N3O2. The van der Waals surface area contributed by atoms with Gasteiger partial charge in [-0.25, -0.2) is 13.9 Å². The first-order chi connectivity index (χ1) is 12.3. The minimum Gasteiger partial charge on any atom is -0.333 e. The van der Waals surface area contributed by atoms with Crippen molar-refractivity contribution in [2.24, 2.45) is 0 Å². The predicted molar refractivity (Wildman–Crippen MR) is 96.9 cm³/mol. The zero-order chi connectivity index (χ0) is 19.0. The molecule has 3 rings (SSSR count). The van der Waals surface area contributed by atoms with E-state index in [2.05, 4.69) is 26.1 Å². The van der Waals surface area contributed by atoms with Crippen molar-refractivity contribution in [2.75, 3.05) is 7.05 Å². The van der Waals surface area contributed by atoms with Gasteiger partial charge in [0.15, 0.2) is 11.6 Å². The molecule has 0 aliphatic heterocycles. The van der Waals surface area contributed by atoms with Crippen LogP contribution < -0.4 is 5.56 Å². The Balaban J connectivity index is 2.04. The molecular weight excluding hydrogens is 408 g/mol. The van der Waals surface area contributed by atoms with Gasteiger partial charge in [0.25, 0.3) is 11.5 Å². The van der Waals surface area contributed by atoms with Gasteiger partial charge in [-0.15, -0.1) is 0 Å². The first-order valence-corrected chi connectivity index (χ1v) is 8.49. The van der Waals surface area contributed by atoms with Gasteiger partial charge in [0.2, 0.25) is 0 Å². The molecule has 1 N–H and O–H groups in total. The third-order valence-corrected chi connectivity index (χ3v) is 4.78. The van der Waals surface area contributed by atoms with Crippen molar-refractivity contribution in [3.8, 4) is 0 Å². The van der Waals surface area contributed by atoms with E-state index in [4.69, 9.17) is 0 Å². The molecule has 1 atom stereocenters. The molecule has 5 nitrogen and oxygen atoms in total. The molecule has 0 bridgehead atoms. The van der Waals surface area contributed by atoms with Crippen molar-refractivity contribution in [1.82, 2.24) is 15.1 Å². The highest BCUT2D eigenvalue weighted by Gasteiger charge is 2.23. The molecule has 0 saturated heterocycles. The van der Waals surface area contributed by atoms with Crippen molar-refractivity contribution in [2.45, 2.75) is 13.0 Å². The Morgan fingerprint density at radius 2 is 1.73 bits per heavy atom. The monoisotopic (exact) mass is 421 g/mol. The van der Waals surface area contributed by atoms with Crippen LogP contribution in [0.1, 0.15) is 29.0 Å². The van der Waals surface area contributed by atoms with Gasteiger partial charge < -0.3 is 4.90 Å². The van der Waals surface area contributed by atoms with E-state index in [0.29, 0.717) is 5.56 Å². The molecule has 1 unspecified atom stereocenters. The van der Waals surface area contributed by atoms with Gasteiger partial charge in [0.05, 0.1) is 17.1 Å². The summed E-state index contributed by atoms with van der Waals surface area (Å²) < 4.78 is 28.0. The zero-order valence-electron chi connectivity index (χ0n) is 13.9. The third kappa shape index (κ3) is 3.24. The number of carbonyl (C=O) groups is 1. The number of H-pyrrole nitrogens is 1. The van der Waals surface area contributed by atoms with Crippen LogP contribution in [0, 0.1) is 11.6 Å². The molecule has 8 heteroatoms. The lowest BCUT2D eigenvalue weighted by atomic mass is 10.0. The minimum atomic E-state index is -1.12. The van der Waals surface area contributed by atoms with Crippen LogP contribution in [-0.2, 0) is 0 Å². The number of halogens is 3. The summed E-state index contributed by atoms with van der Waals surface area (Å²) in [6.07, 6.45) is 0. The molecule has 3 aromatic rings. The van der Waals surface area contributed by atoms with Gasteiger partial charge in [-0.2, -0.15) is 5.10 Å². The fraction of sp³-hybridized carbons (Fsp3) is 0.167. The summed E-state index contributed by atoms with van der Waals surface area (Å²) >= 11 is 3.31. The summed E-state index contributed by atoms with van der Waals surface area (Å²) in [5, 5.41) is 6.37. The second-order valence-electron chi connectivity index (χ2n) is 5.85. The van der Waals surface area contributed by atoms with Crippen molar-refractivity contribution in [1.29, 1.82) is 0 Å². The van der Waals surface area contributed by atoms with Crippen molar-refractivity contribution < 1.29 is 13.6 Å². The Hall–Kier alpha value is -2.61. The predicted octanol–water partition coefficient (Wildman–Crippen LogP) is 3.80. The number of nitrogens with one attached hydrogen (secondary N) is 1. The Morgan fingerprint density at radius 3 is 2.35 bits per heavy atom. The Morgan fingerprint density at radius 1 is 1.15 bits per heavy atom. The van der Waals surface area contributed by atoms with E-state index in [0.717, 1.165) is 16.6 Å². The number of hydrogen-bond acceptors (Lipinski definition) is 3. The summed E-state index contributed by atoms with van der Waals surface area (Å²) in [7, 11) is 1.58. The maximum atomic E-state index is 13.7. The highest BCUT2D eigenvalue weighted by molar-refractivity contribution is 9.10. The first kappa shape index (κ1) is 18.2. The van der Waals surface area contributed by atoms with Crippen LogP contribution in [0.2, 0.25) is 0 Å². The van der Waals surface area contributed by atoms with Crippen LogP contribution in [0.5, 0.6) is 0 Å². The number of benzene rings is 2. The average molecular weight is 422 g/mol. The lowest BCUT2D eigenvalue weighted by Gasteiger charge is -2.25.